The monoisotopic (exact) mass is 368 g/mol. The molecule has 8 heteroatoms. The lowest BCUT2D eigenvalue weighted by Gasteiger charge is -2.18. The standard InChI is InChI=1S/C16H17ClN2O4S/c1-19(11-16(20)18-13-6-4-3-5-7-13)24(21,22)15-10-12(17)8-9-14(15)23-2/h3-10H,11H2,1-2H3,(H,18,20). The van der Waals surface area contributed by atoms with Crippen LogP contribution >= 0.6 is 11.6 Å². The van der Waals surface area contributed by atoms with Gasteiger partial charge in [0.15, 0.2) is 0 Å². The van der Waals surface area contributed by atoms with Crippen LogP contribution in [0.3, 0.4) is 0 Å². The van der Waals surface area contributed by atoms with E-state index in [2.05, 4.69) is 5.32 Å². The van der Waals surface area contributed by atoms with E-state index < -0.39 is 15.9 Å². The largest absolute Gasteiger partial charge is 0.495 e. The SMILES string of the molecule is COc1ccc(Cl)cc1S(=O)(=O)N(C)CC(=O)Nc1ccccc1. The van der Waals surface area contributed by atoms with Crippen LogP contribution in [0.25, 0.3) is 0 Å². The van der Waals surface area contributed by atoms with Crippen molar-refractivity contribution in [3.05, 3.63) is 53.6 Å². The zero-order chi connectivity index (χ0) is 17.7. The molecule has 1 amide bonds. The highest BCUT2D eigenvalue weighted by atomic mass is 35.5. The lowest BCUT2D eigenvalue weighted by atomic mass is 10.3. The molecular weight excluding hydrogens is 352 g/mol. The van der Waals surface area contributed by atoms with Crippen LogP contribution in [0.15, 0.2) is 53.4 Å². The summed E-state index contributed by atoms with van der Waals surface area (Å²) in [4.78, 5) is 12.0. The average Bonchev–Trinajstić information content (AvgIpc) is 2.55. The van der Waals surface area contributed by atoms with Gasteiger partial charge >= 0.3 is 0 Å². The number of nitrogens with zero attached hydrogens (tertiary/aromatic N) is 1. The fourth-order valence-electron chi connectivity index (χ4n) is 2.03. The van der Waals surface area contributed by atoms with Crippen molar-refractivity contribution in [2.24, 2.45) is 0 Å². The predicted molar refractivity (Wildman–Crippen MR) is 92.9 cm³/mol. The fourth-order valence-corrected chi connectivity index (χ4v) is 3.57. The van der Waals surface area contributed by atoms with Crippen LogP contribution in [-0.4, -0.2) is 39.3 Å². The number of hydrogen-bond acceptors (Lipinski definition) is 4. The number of carbonyl (C=O) groups excluding carboxylic acids is 1. The van der Waals surface area contributed by atoms with Gasteiger partial charge < -0.3 is 10.1 Å². The second-order valence-corrected chi connectivity index (χ2v) is 7.42. The Morgan fingerprint density at radius 3 is 2.50 bits per heavy atom. The van der Waals surface area contributed by atoms with Crippen LogP contribution in [0.2, 0.25) is 5.02 Å². The first-order valence-corrected chi connectivity index (χ1v) is 8.81. The van der Waals surface area contributed by atoms with Crippen LogP contribution < -0.4 is 10.1 Å². The molecule has 0 aromatic heterocycles. The molecule has 1 N–H and O–H groups in total. The third-order valence-electron chi connectivity index (χ3n) is 3.24. The van der Waals surface area contributed by atoms with Gasteiger partial charge in [-0.2, -0.15) is 4.31 Å². The van der Waals surface area contributed by atoms with Crippen LogP contribution in [0, 0.1) is 0 Å². The quantitative estimate of drug-likeness (QED) is 0.850. The van der Waals surface area contributed by atoms with Gasteiger partial charge in [-0.05, 0) is 30.3 Å². The zero-order valence-electron chi connectivity index (χ0n) is 13.2. The fraction of sp³-hybridized carbons (Fsp3) is 0.188. The van der Waals surface area contributed by atoms with Gasteiger partial charge in [0.25, 0.3) is 0 Å². The molecule has 0 spiro atoms. The van der Waals surface area contributed by atoms with E-state index in [1.807, 2.05) is 6.07 Å². The van der Waals surface area contributed by atoms with Crippen LogP contribution in [0.1, 0.15) is 0 Å². The predicted octanol–water partition coefficient (Wildman–Crippen LogP) is 2.61. The number of halogens is 1. The summed E-state index contributed by atoms with van der Waals surface area (Å²) in [6.07, 6.45) is 0. The normalized spacial score (nSPS) is 11.3. The molecule has 0 bridgehead atoms. The van der Waals surface area contributed by atoms with Gasteiger partial charge in [0.2, 0.25) is 15.9 Å². The number of methoxy groups -OCH3 is 1. The van der Waals surface area contributed by atoms with Gasteiger partial charge in [-0.3, -0.25) is 4.79 Å². The summed E-state index contributed by atoms with van der Waals surface area (Å²) in [5, 5.41) is 2.89. The minimum Gasteiger partial charge on any atom is -0.495 e. The van der Waals surface area contributed by atoms with E-state index in [1.54, 1.807) is 24.3 Å². The maximum Gasteiger partial charge on any atom is 0.247 e. The van der Waals surface area contributed by atoms with E-state index >= 15 is 0 Å². The van der Waals surface area contributed by atoms with Gasteiger partial charge in [-0.1, -0.05) is 29.8 Å². The second kappa shape index (κ2) is 7.65. The van der Waals surface area contributed by atoms with Gasteiger partial charge in [0, 0.05) is 17.8 Å². The molecular formula is C16H17ClN2O4S. The molecule has 0 aliphatic heterocycles. The highest BCUT2D eigenvalue weighted by Gasteiger charge is 2.26. The van der Waals surface area contributed by atoms with Gasteiger partial charge in [0.1, 0.15) is 10.6 Å². The Morgan fingerprint density at radius 1 is 1.21 bits per heavy atom. The van der Waals surface area contributed by atoms with Crippen molar-refractivity contribution in [2.75, 3.05) is 26.0 Å². The van der Waals surface area contributed by atoms with E-state index in [9.17, 15) is 13.2 Å². The van der Waals surface area contributed by atoms with E-state index in [0.29, 0.717) is 5.69 Å². The summed E-state index contributed by atoms with van der Waals surface area (Å²) in [7, 11) is -1.24. The lowest BCUT2D eigenvalue weighted by Crippen LogP contribution is -2.35. The third-order valence-corrected chi connectivity index (χ3v) is 5.30. The molecule has 0 fully saturated rings. The Bertz CT molecular complexity index is 825. The summed E-state index contributed by atoms with van der Waals surface area (Å²) in [6, 6.07) is 13.1. The molecule has 0 radical (unpaired) electrons. The molecule has 0 saturated heterocycles. The number of hydrogen-bond donors (Lipinski definition) is 1. The number of rotatable bonds is 6. The van der Waals surface area contributed by atoms with Crippen molar-refractivity contribution in [3.8, 4) is 5.75 Å². The maximum absolute atomic E-state index is 12.7. The summed E-state index contributed by atoms with van der Waals surface area (Å²) in [5.74, 6) is -0.289. The molecule has 0 aliphatic rings. The Kier molecular flexibility index (Phi) is 5.82. The smallest absolute Gasteiger partial charge is 0.247 e. The number of benzene rings is 2. The molecule has 0 atom stereocenters. The van der Waals surface area contributed by atoms with E-state index in [1.165, 1.54) is 32.4 Å². The zero-order valence-corrected chi connectivity index (χ0v) is 14.8. The Morgan fingerprint density at radius 2 is 1.88 bits per heavy atom. The molecule has 0 saturated carbocycles. The molecule has 0 aliphatic carbocycles. The maximum atomic E-state index is 12.7. The number of likely N-dealkylation sites (N-methyl/N-ethyl adjacent to an activating group) is 1. The topological polar surface area (TPSA) is 75.7 Å². The number of nitrogens with one attached hydrogen (secondary N) is 1. The van der Waals surface area contributed by atoms with Crippen molar-refractivity contribution < 1.29 is 17.9 Å². The van der Waals surface area contributed by atoms with E-state index in [-0.39, 0.29) is 22.2 Å². The molecule has 6 nitrogen and oxygen atoms in total. The summed E-state index contributed by atoms with van der Waals surface area (Å²) in [6.45, 7) is -0.340. The van der Waals surface area contributed by atoms with Crippen LogP contribution in [0.4, 0.5) is 5.69 Å². The minimum atomic E-state index is -3.93. The van der Waals surface area contributed by atoms with Crippen LogP contribution in [-0.2, 0) is 14.8 Å². The van der Waals surface area contributed by atoms with Crippen molar-refractivity contribution >= 4 is 33.2 Å². The highest BCUT2D eigenvalue weighted by molar-refractivity contribution is 7.89. The van der Waals surface area contributed by atoms with E-state index in [0.717, 1.165) is 4.31 Å². The Balaban J connectivity index is 2.17. The molecule has 128 valence electrons. The van der Waals surface area contributed by atoms with E-state index in [4.69, 9.17) is 16.3 Å². The molecule has 2 aromatic carbocycles. The summed E-state index contributed by atoms with van der Waals surface area (Å²) in [5.41, 5.74) is 0.591. The number of para-hydroxylation sites is 1. The Labute approximate surface area is 146 Å². The minimum absolute atomic E-state index is 0.0903. The first-order chi connectivity index (χ1) is 11.3. The van der Waals surface area contributed by atoms with Gasteiger partial charge in [-0.15, -0.1) is 0 Å². The number of anilines is 1. The van der Waals surface area contributed by atoms with Crippen molar-refractivity contribution in [1.82, 2.24) is 4.31 Å². The number of carbonyl (C=O) groups is 1. The van der Waals surface area contributed by atoms with Gasteiger partial charge in [-0.25, -0.2) is 8.42 Å². The van der Waals surface area contributed by atoms with Gasteiger partial charge in [0.05, 0.1) is 13.7 Å². The molecule has 2 aromatic rings. The number of sulfonamides is 1. The molecule has 24 heavy (non-hydrogen) atoms. The van der Waals surface area contributed by atoms with Crippen molar-refractivity contribution in [2.45, 2.75) is 4.90 Å². The first-order valence-electron chi connectivity index (χ1n) is 6.99. The molecule has 0 heterocycles. The summed E-state index contributed by atoms with van der Waals surface area (Å²) < 4.78 is 31.3. The Hall–Kier alpha value is -2.09. The number of ether oxygens (including phenoxy) is 1. The lowest BCUT2D eigenvalue weighted by molar-refractivity contribution is -0.116. The molecule has 0 unspecified atom stereocenters. The second-order valence-electron chi connectivity index (χ2n) is 4.97. The van der Waals surface area contributed by atoms with Crippen LogP contribution in [0.5, 0.6) is 5.75 Å². The third kappa shape index (κ3) is 4.25. The highest BCUT2D eigenvalue weighted by Crippen LogP contribution is 2.29. The number of amides is 1. The summed E-state index contributed by atoms with van der Waals surface area (Å²) >= 11 is 5.88. The molecule has 2 rings (SSSR count). The first kappa shape index (κ1) is 18.3. The van der Waals surface area contributed by atoms with Crippen molar-refractivity contribution in [1.29, 1.82) is 0 Å². The average molecular weight is 369 g/mol. The van der Waals surface area contributed by atoms with Crippen molar-refractivity contribution in [3.63, 3.8) is 0 Å².